The molecule has 1 aromatic carbocycles. The van der Waals surface area contributed by atoms with Crippen LogP contribution in [0.1, 0.15) is 30.1 Å². The minimum atomic E-state index is -1.38. The van der Waals surface area contributed by atoms with Crippen molar-refractivity contribution >= 4 is 40.7 Å². The van der Waals surface area contributed by atoms with E-state index in [9.17, 15) is 14.0 Å². The second kappa shape index (κ2) is 6.75. The highest BCUT2D eigenvalue weighted by Gasteiger charge is 2.41. The summed E-state index contributed by atoms with van der Waals surface area (Å²) in [4.78, 5) is 24.6. The third-order valence-electron chi connectivity index (χ3n) is 3.39. The van der Waals surface area contributed by atoms with Gasteiger partial charge in [-0.3, -0.25) is 9.59 Å². The van der Waals surface area contributed by atoms with Crippen LogP contribution >= 0.6 is 23.2 Å². The van der Waals surface area contributed by atoms with E-state index in [0.717, 1.165) is 25.0 Å². The van der Waals surface area contributed by atoms with Crippen LogP contribution in [0.15, 0.2) is 12.1 Å². The summed E-state index contributed by atoms with van der Waals surface area (Å²) in [5.74, 6) is -3.85. The van der Waals surface area contributed by atoms with Crippen molar-refractivity contribution in [1.82, 2.24) is 0 Å². The van der Waals surface area contributed by atoms with E-state index in [0.29, 0.717) is 0 Å². The lowest BCUT2D eigenvalue weighted by atomic mass is 9.90. The molecular weight excluding hydrogens is 332 g/mol. The SMILES string of the molecule is CCOC(=O)C(C(=N)C1CC1)C(=O)c1cc(F)c(Cl)cc1Cl. The van der Waals surface area contributed by atoms with Crippen molar-refractivity contribution in [3.63, 3.8) is 0 Å². The first kappa shape index (κ1) is 16.9. The number of carbonyl (C=O) groups excluding carboxylic acids is 2. The van der Waals surface area contributed by atoms with Gasteiger partial charge in [0.2, 0.25) is 0 Å². The molecule has 0 heterocycles. The minimum absolute atomic E-state index is 0.00475. The van der Waals surface area contributed by atoms with Gasteiger partial charge in [0.15, 0.2) is 11.7 Å². The molecule has 2 rings (SSSR count). The fourth-order valence-corrected chi connectivity index (χ4v) is 2.57. The van der Waals surface area contributed by atoms with E-state index in [1.807, 2.05) is 0 Å². The van der Waals surface area contributed by atoms with E-state index in [1.54, 1.807) is 6.92 Å². The van der Waals surface area contributed by atoms with Gasteiger partial charge >= 0.3 is 5.97 Å². The predicted octanol–water partition coefficient (Wildman–Crippen LogP) is 3.92. The van der Waals surface area contributed by atoms with Gasteiger partial charge in [-0.15, -0.1) is 0 Å². The average Bonchev–Trinajstić information content (AvgIpc) is 3.27. The number of ketones is 1. The van der Waals surface area contributed by atoms with E-state index in [-0.39, 0.29) is 33.8 Å². The molecule has 0 spiro atoms. The normalized spacial score (nSPS) is 15.3. The number of nitrogens with one attached hydrogen (secondary N) is 1. The molecule has 0 aromatic heterocycles. The van der Waals surface area contributed by atoms with Crippen LogP contribution in [-0.2, 0) is 9.53 Å². The highest BCUT2D eigenvalue weighted by Crippen LogP contribution is 2.35. The van der Waals surface area contributed by atoms with Crippen LogP contribution in [0.3, 0.4) is 0 Å². The summed E-state index contributed by atoms with van der Waals surface area (Å²) in [6, 6.07) is 1.99. The van der Waals surface area contributed by atoms with Gasteiger partial charge in [0.05, 0.1) is 16.7 Å². The smallest absolute Gasteiger partial charge is 0.322 e. The molecule has 1 aliphatic carbocycles. The first-order valence-electron chi connectivity index (χ1n) is 6.80. The first-order chi connectivity index (χ1) is 10.4. The number of esters is 1. The molecule has 0 saturated heterocycles. The summed E-state index contributed by atoms with van der Waals surface area (Å²) in [6.07, 6.45) is 1.51. The third-order valence-corrected chi connectivity index (χ3v) is 3.99. The number of rotatable bonds is 6. The maximum Gasteiger partial charge on any atom is 0.322 e. The van der Waals surface area contributed by atoms with Crippen molar-refractivity contribution in [1.29, 1.82) is 5.41 Å². The van der Waals surface area contributed by atoms with Crippen LogP contribution in [0.25, 0.3) is 0 Å². The Bertz CT molecular complexity index is 644. The summed E-state index contributed by atoms with van der Waals surface area (Å²) in [6.45, 7) is 1.69. The second-order valence-electron chi connectivity index (χ2n) is 5.03. The van der Waals surface area contributed by atoms with Crippen LogP contribution in [0.4, 0.5) is 4.39 Å². The van der Waals surface area contributed by atoms with Gasteiger partial charge in [-0.2, -0.15) is 0 Å². The number of hydrogen-bond acceptors (Lipinski definition) is 4. The van der Waals surface area contributed by atoms with Crippen LogP contribution in [0, 0.1) is 23.1 Å². The predicted molar refractivity (Wildman–Crippen MR) is 81.3 cm³/mol. The lowest BCUT2D eigenvalue weighted by Gasteiger charge is -2.16. The highest BCUT2D eigenvalue weighted by molar-refractivity contribution is 6.38. The standard InChI is InChI=1S/C15H14Cl2FNO3/c1-2-22-15(21)12(13(19)7-3-4-7)14(20)8-5-11(18)10(17)6-9(8)16/h5-7,12,19H,2-4H2,1H3. The Morgan fingerprint density at radius 2 is 2.00 bits per heavy atom. The van der Waals surface area contributed by atoms with E-state index in [1.165, 1.54) is 0 Å². The van der Waals surface area contributed by atoms with E-state index in [4.69, 9.17) is 33.3 Å². The maximum absolute atomic E-state index is 13.6. The molecule has 0 amide bonds. The molecule has 7 heteroatoms. The van der Waals surface area contributed by atoms with Crippen LogP contribution in [0.5, 0.6) is 0 Å². The Morgan fingerprint density at radius 1 is 1.36 bits per heavy atom. The molecule has 1 aliphatic rings. The molecule has 118 valence electrons. The van der Waals surface area contributed by atoms with Crippen LogP contribution < -0.4 is 0 Å². The number of halogens is 3. The molecule has 0 bridgehead atoms. The van der Waals surface area contributed by atoms with Crippen LogP contribution in [-0.4, -0.2) is 24.1 Å². The Morgan fingerprint density at radius 3 is 2.55 bits per heavy atom. The summed E-state index contributed by atoms with van der Waals surface area (Å²) in [5.41, 5.74) is -0.179. The number of benzene rings is 1. The Labute approximate surface area is 137 Å². The molecule has 0 radical (unpaired) electrons. The number of ether oxygens (including phenoxy) is 1. The van der Waals surface area contributed by atoms with Gasteiger partial charge in [0.25, 0.3) is 0 Å². The zero-order chi connectivity index (χ0) is 16.4. The monoisotopic (exact) mass is 345 g/mol. The van der Waals surface area contributed by atoms with E-state index >= 15 is 0 Å². The molecule has 1 fully saturated rings. The van der Waals surface area contributed by atoms with Crippen molar-refractivity contribution in [3.05, 3.63) is 33.6 Å². The first-order valence-corrected chi connectivity index (χ1v) is 7.56. The molecule has 1 unspecified atom stereocenters. The van der Waals surface area contributed by atoms with Gasteiger partial charge in [-0.1, -0.05) is 23.2 Å². The molecule has 1 atom stereocenters. The molecule has 1 N–H and O–H groups in total. The van der Waals surface area contributed by atoms with Crippen molar-refractivity contribution in [3.8, 4) is 0 Å². The number of Topliss-reactive ketones (excluding diaryl/α,β-unsaturated/α-hetero) is 1. The molecule has 4 nitrogen and oxygen atoms in total. The third kappa shape index (κ3) is 3.47. The van der Waals surface area contributed by atoms with Gasteiger partial charge < -0.3 is 10.1 Å². The quantitative estimate of drug-likeness (QED) is 0.279. The topological polar surface area (TPSA) is 67.2 Å². The van der Waals surface area contributed by atoms with E-state index < -0.39 is 23.5 Å². The molecule has 0 aliphatic heterocycles. The summed E-state index contributed by atoms with van der Waals surface area (Å²) >= 11 is 11.5. The molecular formula is C15H14Cl2FNO3. The summed E-state index contributed by atoms with van der Waals surface area (Å²) in [7, 11) is 0. The summed E-state index contributed by atoms with van der Waals surface area (Å²) in [5, 5.41) is 7.76. The molecule has 1 saturated carbocycles. The van der Waals surface area contributed by atoms with Gasteiger partial charge in [0, 0.05) is 11.3 Å². The summed E-state index contributed by atoms with van der Waals surface area (Å²) < 4.78 is 18.5. The largest absolute Gasteiger partial charge is 0.465 e. The van der Waals surface area contributed by atoms with Crippen LogP contribution in [0.2, 0.25) is 10.0 Å². The Hall–Kier alpha value is -1.46. The zero-order valence-electron chi connectivity index (χ0n) is 11.8. The zero-order valence-corrected chi connectivity index (χ0v) is 13.3. The fraction of sp³-hybridized carbons (Fsp3) is 0.400. The second-order valence-corrected chi connectivity index (χ2v) is 5.84. The van der Waals surface area contributed by atoms with Crippen molar-refractivity contribution < 1.29 is 18.7 Å². The van der Waals surface area contributed by atoms with E-state index in [2.05, 4.69) is 0 Å². The highest BCUT2D eigenvalue weighted by atomic mass is 35.5. The lowest BCUT2D eigenvalue weighted by molar-refractivity contribution is -0.144. The fourth-order valence-electron chi connectivity index (χ4n) is 2.10. The maximum atomic E-state index is 13.6. The van der Waals surface area contributed by atoms with Gasteiger partial charge in [-0.05, 0) is 37.8 Å². The van der Waals surface area contributed by atoms with Crippen molar-refractivity contribution in [2.45, 2.75) is 19.8 Å². The van der Waals surface area contributed by atoms with Gasteiger partial charge in [-0.25, -0.2) is 4.39 Å². The average molecular weight is 346 g/mol. The van der Waals surface area contributed by atoms with Crippen molar-refractivity contribution in [2.75, 3.05) is 6.61 Å². The molecule has 1 aromatic rings. The lowest BCUT2D eigenvalue weighted by Crippen LogP contribution is -2.34. The van der Waals surface area contributed by atoms with Gasteiger partial charge in [0.1, 0.15) is 5.82 Å². The minimum Gasteiger partial charge on any atom is -0.465 e. The Kier molecular flexibility index (Phi) is 5.19. The van der Waals surface area contributed by atoms with Crippen molar-refractivity contribution in [2.24, 2.45) is 11.8 Å². The molecule has 22 heavy (non-hydrogen) atoms. The number of carbonyl (C=O) groups is 2. The Balaban J connectivity index is 2.38. The number of hydrogen-bond donors (Lipinski definition) is 1.